The number of aromatic nitrogens is 2. The summed E-state index contributed by atoms with van der Waals surface area (Å²) in [5, 5.41) is 6.91. The normalized spacial score (nSPS) is 12.3. The molecule has 0 bridgehead atoms. The third kappa shape index (κ3) is 3.10. The summed E-state index contributed by atoms with van der Waals surface area (Å²) in [6.07, 6.45) is 3.17. The maximum Gasteiger partial charge on any atom is 0.242 e. The maximum absolute atomic E-state index is 11.8. The summed E-state index contributed by atoms with van der Waals surface area (Å²) in [5.74, 6) is -0.0725. The highest BCUT2D eigenvalue weighted by atomic mass is 32.1. The molecule has 2 heterocycles. The van der Waals surface area contributed by atoms with Crippen LogP contribution in [-0.4, -0.2) is 15.7 Å². The number of carbonyl (C=O) groups excluding carboxylic acids is 1. The number of carbonyl (C=O) groups is 1. The molecule has 0 fully saturated rings. The van der Waals surface area contributed by atoms with E-state index < -0.39 is 0 Å². The van der Waals surface area contributed by atoms with Crippen LogP contribution in [0.5, 0.6) is 0 Å². The lowest BCUT2D eigenvalue weighted by Crippen LogP contribution is -2.29. The molecule has 0 aliphatic heterocycles. The molecule has 3 N–H and O–H groups in total. The van der Waals surface area contributed by atoms with Gasteiger partial charge in [-0.3, -0.25) is 9.48 Å². The van der Waals surface area contributed by atoms with Crippen LogP contribution in [0.15, 0.2) is 24.5 Å². The number of hydrogen-bond acceptors (Lipinski definition) is 4. The first kappa shape index (κ1) is 12.6. The molecule has 18 heavy (non-hydrogen) atoms. The van der Waals surface area contributed by atoms with Crippen molar-refractivity contribution in [1.29, 1.82) is 0 Å². The number of nitrogens with one attached hydrogen (secondary N) is 1. The van der Waals surface area contributed by atoms with Crippen LogP contribution in [0.2, 0.25) is 0 Å². The van der Waals surface area contributed by atoms with Gasteiger partial charge >= 0.3 is 0 Å². The molecular formula is C12H16N4OS. The van der Waals surface area contributed by atoms with Crippen LogP contribution in [0.1, 0.15) is 22.7 Å². The highest BCUT2D eigenvalue weighted by molar-refractivity contribution is 7.12. The van der Waals surface area contributed by atoms with Gasteiger partial charge in [-0.2, -0.15) is 5.10 Å². The fourth-order valence-corrected chi connectivity index (χ4v) is 2.54. The molecule has 96 valence electrons. The number of thiophene rings is 1. The van der Waals surface area contributed by atoms with E-state index in [0.717, 1.165) is 4.88 Å². The number of aryl methyl sites for hydroxylation is 1. The average molecular weight is 264 g/mol. The molecule has 1 amide bonds. The van der Waals surface area contributed by atoms with E-state index in [1.807, 2.05) is 13.0 Å². The molecule has 0 aromatic carbocycles. The molecule has 0 saturated carbocycles. The van der Waals surface area contributed by atoms with E-state index in [4.69, 9.17) is 5.73 Å². The Morgan fingerprint density at radius 1 is 1.61 bits per heavy atom. The lowest BCUT2D eigenvalue weighted by atomic mass is 10.2. The summed E-state index contributed by atoms with van der Waals surface area (Å²) in [6, 6.07) is 4.11. The Balaban J connectivity index is 1.91. The Morgan fingerprint density at radius 3 is 2.94 bits per heavy atom. The SMILES string of the molecule is Cc1ccc(C(C)NC(=O)Cn2cc(N)cn2)s1. The number of amides is 1. The van der Waals surface area contributed by atoms with E-state index in [9.17, 15) is 4.79 Å². The molecule has 0 radical (unpaired) electrons. The van der Waals surface area contributed by atoms with Crippen molar-refractivity contribution in [2.45, 2.75) is 26.4 Å². The second kappa shape index (κ2) is 5.22. The van der Waals surface area contributed by atoms with Gasteiger partial charge in [-0.05, 0) is 26.0 Å². The summed E-state index contributed by atoms with van der Waals surface area (Å²) in [7, 11) is 0. The first-order valence-electron chi connectivity index (χ1n) is 5.68. The lowest BCUT2D eigenvalue weighted by molar-refractivity contribution is -0.122. The van der Waals surface area contributed by atoms with Gasteiger partial charge in [0.25, 0.3) is 0 Å². The minimum Gasteiger partial charge on any atom is -0.396 e. The van der Waals surface area contributed by atoms with Crippen molar-refractivity contribution in [1.82, 2.24) is 15.1 Å². The lowest BCUT2D eigenvalue weighted by Gasteiger charge is -2.12. The predicted octanol–water partition coefficient (Wildman–Crippen LogP) is 1.71. The zero-order chi connectivity index (χ0) is 13.1. The van der Waals surface area contributed by atoms with Crippen molar-refractivity contribution >= 4 is 22.9 Å². The Kier molecular flexibility index (Phi) is 3.66. The Labute approximate surface area is 110 Å². The Morgan fingerprint density at radius 2 is 2.39 bits per heavy atom. The highest BCUT2D eigenvalue weighted by Crippen LogP contribution is 2.22. The molecule has 2 aromatic rings. The number of nitrogen functional groups attached to an aromatic ring is 1. The van der Waals surface area contributed by atoms with Gasteiger partial charge in [0, 0.05) is 16.0 Å². The molecule has 6 heteroatoms. The molecule has 0 aliphatic rings. The van der Waals surface area contributed by atoms with Gasteiger partial charge in [0.1, 0.15) is 6.54 Å². The molecule has 0 spiro atoms. The third-order valence-corrected chi connectivity index (χ3v) is 3.71. The summed E-state index contributed by atoms with van der Waals surface area (Å²) in [6.45, 7) is 4.21. The van der Waals surface area contributed by atoms with Gasteiger partial charge in [0.05, 0.1) is 17.9 Å². The van der Waals surface area contributed by atoms with Gasteiger partial charge in [-0.15, -0.1) is 11.3 Å². The third-order valence-electron chi connectivity index (χ3n) is 2.52. The first-order valence-corrected chi connectivity index (χ1v) is 6.50. The smallest absolute Gasteiger partial charge is 0.242 e. The average Bonchev–Trinajstić information content (AvgIpc) is 2.87. The number of nitrogens with two attached hydrogens (primary N) is 1. The summed E-state index contributed by atoms with van der Waals surface area (Å²) in [4.78, 5) is 14.2. The topological polar surface area (TPSA) is 72.9 Å². The van der Waals surface area contributed by atoms with Gasteiger partial charge < -0.3 is 11.1 Å². The van der Waals surface area contributed by atoms with Crippen molar-refractivity contribution in [3.8, 4) is 0 Å². The molecule has 0 aliphatic carbocycles. The summed E-state index contributed by atoms with van der Waals surface area (Å²) in [5.41, 5.74) is 6.10. The van der Waals surface area contributed by atoms with Crippen molar-refractivity contribution < 1.29 is 4.79 Å². The summed E-state index contributed by atoms with van der Waals surface area (Å²) >= 11 is 1.69. The second-order valence-electron chi connectivity index (χ2n) is 4.21. The van der Waals surface area contributed by atoms with Crippen LogP contribution >= 0.6 is 11.3 Å². The van der Waals surface area contributed by atoms with Gasteiger partial charge in [-0.1, -0.05) is 0 Å². The largest absolute Gasteiger partial charge is 0.396 e. The maximum atomic E-state index is 11.8. The zero-order valence-electron chi connectivity index (χ0n) is 10.4. The van der Waals surface area contributed by atoms with Crippen LogP contribution in [-0.2, 0) is 11.3 Å². The fourth-order valence-electron chi connectivity index (χ4n) is 1.66. The molecule has 0 saturated heterocycles. The molecule has 2 aromatic heterocycles. The minimum atomic E-state index is -0.0725. The van der Waals surface area contributed by atoms with Crippen LogP contribution in [0.25, 0.3) is 0 Å². The zero-order valence-corrected chi connectivity index (χ0v) is 11.2. The van der Waals surface area contributed by atoms with E-state index in [0.29, 0.717) is 5.69 Å². The van der Waals surface area contributed by atoms with Crippen LogP contribution in [0.4, 0.5) is 5.69 Å². The number of rotatable bonds is 4. The van der Waals surface area contributed by atoms with Gasteiger partial charge in [-0.25, -0.2) is 0 Å². The standard InChI is InChI=1S/C12H16N4OS/c1-8-3-4-11(18-8)9(2)15-12(17)7-16-6-10(13)5-14-16/h3-6,9H,7,13H2,1-2H3,(H,15,17). The monoisotopic (exact) mass is 264 g/mol. The second-order valence-corrected chi connectivity index (χ2v) is 5.53. The van der Waals surface area contributed by atoms with E-state index >= 15 is 0 Å². The predicted molar refractivity (Wildman–Crippen MR) is 72.3 cm³/mol. The number of hydrogen-bond donors (Lipinski definition) is 2. The Bertz CT molecular complexity index is 546. The van der Waals surface area contributed by atoms with Crippen molar-refractivity contribution in [2.75, 3.05) is 5.73 Å². The first-order chi connectivity index (χ1) is 8.54. The van der Waals surface area contributed by atoms with E-state index in [1.165, 1.54) is 15.8 Å². The quantitative estimate of drug-likeness (QED) is 0.883. The summed E-state index contributed by atoms with van der Waals surface area (Å²) < 4.78 is 1.52. The van der Waals surface area contributed by atoms with Crippen LogP contribution < -0.4 is 11.1 Å². The van der Waals surface area contributed by atoms with E-state index in [2.05, 4.69) is 23.4 Å². The molecular weight excluding hydrogens is 248 g/mol. The molecule has 1 atom stereocenters. The van der Waals surface area contributed by atoms with Gasteiger partial charge in [0.2, 0.25) is 5.91 Å². The Hall–Kier alpha value is -1.82. The van der Waals surface area contributed by atoms with Crippen molar-refractivity contribution in [3.63, 3.8) is 0 Å². The van der Waals surface area contributed by atoms with E-state index in [-0.39, 0.29) is 18.5 Å². The minimum absolute atomic E-state index is 0.0177. The van der Waals surface area contributed by atoms with E-state index in [1.54, 1.807) is 17.5 Å². The number of anilines is 1. The highest BCUT2D eigenvalue weighted by Gasteiger charge is 2.11. The molecule has 1 unspecified atom stereocenters. The van der Waals surface area contributed by atoms with Crippen LogP contribution in [0.3, 0.4) is 0 Å². The van der Waals surface area contributed by atoms with Gasteiger partial charge in [0.15, 0.2) is 0 Å². The van der Waals surface area contributed by atoms with Crippen molar-refractivity contribution in [2.24, 2.45) is 0 Å². The molecule has 5 nitrogen and oxygen atoms in total. The number of nitrogens with zero attached hydrogens (tertiary/aromatic N) is 2. The fraction of sp³-hybridized carbons (Fsp3) is 0.333. The molecule has 2 rings (SSSR count). The van der Waals surface area contributed by atoms with Crippen molar-refractivity contribution in [3.05, 3.63) is 34.3 Å². The van der Waals surface area contributed by atoms with Crippen LogP contribution in [0, 0.1) is 6.92 Å².